The van der Waals surface area contributed by atoms with Crippen LogP contribution in [-0.4, -0.2) is 19.9 Å². The van der Waals surface area contributed by atoms with Crippen molar-refractivity contribution in [3.05, 3.63) is 83.9 Å². The fraction of sp³-hybridized carbons (Fsp3) is 0.0833. The van der Waals surface area contributed by atoms with Crippen LogP contribution in [0.1, 0.15) is 11.1 Å². The number of nitrogens with one attached hydrogen (secondary N) is 2. The van der Waals surface area contributed by atoms with Crippen molar-refractivity contribution < 1.29 is 4.42 Å². The molecule has 0 spiro atoms. The number of fused-ring (bicyclic) bond motifs is 1. The molecule has 8 heteroatoms. The monoisotopic (exact) mass is 440 g/mol. The Kier molecular flexibility index (Phi) is 5.43. The molecule has 0 bridgehead atoms. The Balaban J connectivity index is 1.47. The number of anilines is 4. The zero-order valence-corrected chi connectivity index (χ0v) is 18.4. The average Bonchev–Trinajstić information content (AvgIpc) is 3.19. The maximum atomic E-state index is 5.83. The molecule has 0 fully saturated rings. The lowest BCUT2D eigenvalue weighted by atomic mass is 10.2. The van der Waals surface area contributed by atoms with Crippen LogP contribution in [0.2, 0.25) is 0 Å². The van der Waals surface area contributed by atoms with Gasteiger partial charge in [-0.15, -0.1) is 0 Å². The van der Waals surface area contributed by atoms with Crippen LogP contribution in [0.3, 0.4) is 0 Å². The molecule has 0 saturated heterocycles. The van der Waals surface area contributed by atoms with E-state index in [1.807, 2.05) is 86.6 Å². The molecule has 7 nitrogen and oxygen atoms in total. The van der Waals surface area contributed by atoms with E-state index >= 15 is 0 Å². The molecule has 0 saturated carbocycles. The van der Waals surface area contributed by atoms with Gasteiger partial charge in [0.1, 0.15) is 5.52 Å². The highest BCUT2D eigenvalue weighted by Crippen LogP contribution is 2.29. The minimum absolute atomic E-state index is 0.428. The van der Waals surface area contributed by atoms with Gasteiger partial charge in [-0.25, -0.2) is 4.98 Å². The number of benzene rings is 3. The van der Waals surface area contributed by atoms with Crippen LogP contribution in [0.25, 0.3) is 11.1 Å². The minimum Gasteiger partial charge on any atom is -0.431 e. The molecule has 0 unspecified atom stereocenters. The molecule has 0 aliphatic rings. The minimum atomic E-state index is 0.428. The predicted molar refractivity (Wildman–Crippen MR) is 127 cm³/mol. The van der Waals surface area contributed by atoms with Crippen molar-refractivity contribution in [1.82, 2.24) is 19.9 Å². The molecule has 0 aliphatic heterocycles. The summed E-state index contributed by atoms with van der Waals surface area (Å²) in [6, 6.07) is 23.7. The summed E-state index contributed by atoms with van der Waals surface area (Å²) in [6.07, 6.45) is 0. The van der Waals surface area contributed by atoms with Gasteiger partial charge in [0.25, 0.3) is 5.22 Å². The number of hydrogen-bond acceptors (Lipinski definition) is 8. The van der Waals surface area contributed by atoms with Gasteiger partial charge in [-0.1, -0.05) is 47.5 Å². The lowest BCUT2D eigenvalue weighted by Crippen LogP contribution is -2.05. The highest BCUT2D eigenvalue weighted by Gasteiger charge is 2.13. The predicted octanol–water partition coefficient (Wildman–Crippen LogP) is 6.27. The Morgan fingerprint density at radius 3 is 1.78 bits per heavy atom. The van der Waals surface area contributed by atoms with Crippen molar-refractivity contribution in [3.8, 4) is 0 Å². The number of para-hydroxylation sites is 2. The molecule has 2 N–H and O–H groups in total. The number of rotatable bonds is 6. The lowest BCUT2D eigenvalue weighted by Gasteiger charge is -2.10. The van der Waals surface area contributed by atoms with Crippen LogP contribution < -0.4 is 10.6 Å². The molecule has 0 radical (unpaired) electrons. The standard InChI is InChI=1S/C24H20N6OS/c1-15-7-11-17(12-8-15)25-21-28-22(26-18-13-9-16(2)10-14-18)30-23(29-21)32-24-27-19-5-3-4-6-20(19)31-24/h3-14H,1-2H3,(H2,25,26,28,29,30). The molecule has 5 aromatic rings. The fourth-order valence-electron chi connectivity index (χ4n) is 3.02. The van der Waals surface area contributed by atoms with Gasteiger partial charge in [-0.2, -0.15) is 15.0 Å². The van der Waals surface area contributed by atoms with Crippen LogP contribution >= 0.6 is 11.8 Å². The third kappa shape index (κ3) is 4.70. The molecule has 3 aromatic carbocycles. The second-order valence-corrected chi connectivity index (χ2v) is 8.22. The summed E-state index contributed by atoms with van der Waals surface area (Å²) in [7, 11) is 0. The Hall–Kier alpha value is -3.91. The molecule has 158 valence electrons. The van der Waals surface area contributed by atoms with Gasteiger partial charge in [0.2, 0.25) is 17.1 Å². The Morgan fingerprint density at radius 2 is 1.22 bits per heavy atom. The van der Waals surface area contributed by atoms with E-state index < -0.39 is 0 Å². The smallest absolute Gasteiger partial charge is 0.264 e. The Bertz CT molecular complexity index is 1270. The molecule has 0 aliphatic carbocycles. The molecule has 5 rings (SSSR count). The number of oxazole rings is 1. The topological polar surface area (TPSA) is 88.8 Å². The van der Waals surface area contributed by atoms with Crippen molar-refractivity contribution >= 4 is 46.1 Å². The van der Waals surface area contributed by atoms with E-state index in [9.17, 15) is 0 Å². The van der Waals surface area contributed by atoms with E-state index in [0.29, 0.717) is 22.3 Å². The maximum absolute atomic E-state index is 5.83. The largest absolute Gasteiger partial charge is 0.431 e. The zero-order chi connectivity index (χ0) is 21.9. The van der Waals surface area contributed by atoms with E-state index in [-0.39, 0.29) is 0 Å². The molecular formula is C24H20N6OS. The van der Waals surface area contributed by atoms with Crippen LogP contribution in [0, 0.1) is 13.8 Å². The van der Waals surface area contributed by atoms with Gasteiger partial charge in [-0.05, 0) is 50.2 Å². The zero-order valence-electron chi connectivity index (χ0n) is 17.5. The van der Waals surface area contributed by atoms with E-state index in [1.54, 1.807) is 0 Å². The van der Waals surface area contributed by atoms with Crippen molar-refractivity contribution in [2.75, 3.05) is 10.6 Å². The Morgan fingerprint density at radius 1 is 0.656 bits per heavy atom. The van der Waals surface area contributed by atoms with E-state index in [2.05, 4.69) is 30.6 Å². The van der Waals surface area contributed by atoms with E-state index in [1.165, 1.54) is 22.9 Å². The van der Waals surface area contributed by atoms with Crippen molar-refractivity contribution in [2.45, 2.75) is 24.2 Å². The van der Waals surface area contributed by atoms with Crippen LogP contribution in [0.15, 0.2) is 87.6 Å². The highest BCUT2D eigenvalue weighted by molar-refractivity contribution is 7.99. The van der Waals surface area contributed by atoms with Gasteiger partial charge >= 0.3 is 0 Å². The summed E-state index contributed by atoms with van der Waals surface area (Å²) < 4.78 is 5.83. The van der Waals surface area contributed by atoms with Crippen LogP contribution in [-0.2, 0) is 0 Å². The first kappa shape index (κ1) is 20.0. The molecule has 0 amide bonds. The van der Waals surface area contributed by atoms with Crippen LogP contribution in [0.4, 0.5) is 23.3 Å². The number of aryl methyl sites for hydroxylation is 2. The second-order valence-electron chi connectivity index (χ2n) is 7.30. The number of aromatic nitrogens is 4. The third-order valence-electron chi connectivity index (χ3n) is 4.68. The van der Waals surface area contributed by atoms with Gasteiger partial charge in [0.15, 0.2) is 5.58 Å². The maximum Gasteiger partial charge on any atom is 0.264 e. The first-order valence-electron chi connectivity index (χ1n) is 10.1. The quantitative estimate of drug-likeness (QED) is 0.319. The third-order valence-corrected chi connectivity index (χ3v) is 5.40. The van der Waals surface area contributed by atoms with Gasteiger partial charge in [0, 0.05) is 23.1 Å². The summed E-state index contributed by atoms with van der Waals surface area (Å²) >= 11 is 1.25. The van der Waals surface area contributed by atoms with E-state index in [0.717, 1.165) is 22.5 Å². The first-order chi connectivity index (χ1) is 15.6. The summed E-state index contributed by atoms with van der Waals surface area (Å²) in [5, 5.41) is 7.45. The highest BCUT2D eigenvalue weighted by atomic mass is 32.2. The molecule has 2 heterocycles. The fourth-order valence-corrected chi connectivity index (χ4v) is 3.71. The number of nitrogens with zero attached hydrogens (tertiary/aromatic N) is 4. The van der Waals surface area contributed by atoms with Crippen molar-refractivity contribution in [1.29, 1.82) is 0 Å². The van der Waals surface area contributed by atoms with Gasteiger partial charge in [-0.3, -0.25) is 0 Å². The summed E-state index contributed by atoms with van der Waals surface area (Å²) in [4.78, 5) is 18.2. The lowest BCUT2D eigenvalue weighted by molar-refractivity contribution is 0.488. The first-order valence-corrected chi connectivity index (χ1v) is 10.9. The molecule has 0 atom stereocenters. The average molecular weight is 441 g/mol. The van der Waals surface area contributed by atoms with Gasteiger partial charge < -0.3 is 15.1 Å². The van der Waals surface area contributed by atoms with Gasteiger partial charge in [0.05, 0.1) is 0 Å². The summed E-state index contributed by atoms with van der Waals surface area (Å²) in [5.41, 5.74) is 5.65. The Labute approximate surface area is 189 Å². The molecule has 32 heavy (non-hydrogen) atoms. The van der Waals surface area contributed by atoms with Crippen LogP contribution in [0.5, 0.6) is 0 Å². The SMILES string of the molecule is Cc1ccc(Nc2nc(Nc3ccc(C)cc3)nc(Sc3nc4ccccc4o3)n2)cc1. The van der Waals surface area contributed by atoms with Crippen molar-refractivity contribution in [3.63, 3.8) is 0 Å². The molecule has 2 aromatic heterocycles. The number of hydrogen-bond donors (Lipinski definition) is 2. The van der Waals surface area contributed by atoms with Crippen molar-refractivity contribution in [2.24, 2.45) is 0 Å². The normalized spacial score (nSPS) is 10.9. The van der Waals surface area contributed by atoms with E-state index in [4.69, 9.17) is 4.42 Å². The second kappa shape index (κ2) is 8.68. The molecular weight excluding hydrogens is 420 g/mol. The summed E-state index contributed by atoms with van der Waals surface area (Å²) in [6.45, 7) is 4.09. The summed E-state index contributed by atoms with van der Waals surface area (Å²) in [5.74, 6) is 0.856.